The summed E-state index contributed by atoms with van der Waals surface area (Å²) in [6.45, 7) is 8.29. The fourth-order valence-corrected chi connectivity index (χ4v) is 3.38. The first-order valence-electron chi connectivity index (χ1n) is 6.75. The molecular formula is C12H27N3O2S. The molecule has 0 spiro atoms. The van der Waals surface area contributed by atoms with Gasteiger partial charge in [0.25, 0.3) is 10.2 Å². The van der Waals surface area contributed by atoms with Gasteiger partial charge in [0.15, 0.2) is 0 Å². The minimum absolute atomic E-state index is 0.325. The molecule has 0 aromatic rings. The van der Waals surface area contributed by atoms with Gasteiger partial charge in [-0.2, -0.15) is 17.4 Å². The second kappa shape index (κ2) is 6.32. The van der Waals surface area contributed by atoms with E-state index in [0.29, 0.717) is 12.5 Å². The Morgan fingerprint density at radius 1 is 1.33 bits per heavy atom. The fourth-order valence-electron chi connectivity index (χ4n) is 2.02. The molecule has 108 valence electrons. The molecule has 0 atom stereocenters. The molecule has 1 aliphatic carbocycles. The van der Waals surface area contributed by atoms with E-state index in [9.17, 15) is 8.42 Å². The summed E-state index contributed by atoms with van der Waals surface area (Å²) in [7, 11) is -1.72. The van der Waals surface area contributed by atoms with Crippen molar-refractivity contribution in [3.63, 3.8) is 0 Å². The molecule has 1 rings (SSSR count). The van der Waals surface area contributed by atoms with Crippen LogP contribution in [0.5, 0.6) is 0 Å². The highest BCUT2D eigenvalue weighted by molar-refractivity contribution is 7.87. The van der Waals surface area contributed by atoms with Gasteiger partial charge in [-0.25, -0.2) is 0 Å². The van der Waals surface area contributed by atoms with Gasteiger partial charge in [0.2, 0.25) is 0 Å². The van der Waals surface area contributed by atoms with Crippen LogP contribution < -0.4 is 10.0 Å². The quantitative estimate of drug-likeness (QED) is 0.617. The number of nitrogens with one attached hydrogen (secondary N) is 2. The van der Waals surface area contributed by atoms with Crippen LogP contribution in [0.1, 0.15) is 40.0 Å². The van der Waals surface area contributed by atoms with Crippen LogP contribution in [0.2, 0.25) is 0 Å². The highest BCUT2D eigenvalue weighted by Crippen LogP contribution is 2.39. The lowest BCUT2D eigenvalue weighted by molar-refractivity contribution is 0.372. The van der Waals surface area contributed by atoms with Gasteiger partial charge in [-0.15, -0.1) is 0 Å². The van der Waals surface area contributed by atoms with Gasteiger partial charge >= 0.3 is 0 Å². The highest BCUT2D eigenvalue weighted by Gasteiger charge is 2.41. The van der Waals surface area contributed by atoms with E-state index in [1.165, 1.54) is 4.31 Å². The lowest BCUT2D eigenvalue weighted by Crippen LogP contribution is -2.50. The molecular weight excluding hydrogens is 250 g/mol. The molecule has 1 saturated carbocycles. The standard InChI is InChI=1S/C12H27N3O2S/c1-5-13-9-6-10-15(4)18(16,17)14-12(2,3)11-7-8-11/h11,13-14H,5-10H2,1-4H3. The van der Waals surface area contributed by atoms with E-state index >= 15 is 0 Å². The van der Waals surface area contributed by atoms with Crippen molar-refractivity contribution in [1.29, 1.82) is 0 Å². The number of hydrogen-bond acceptors (Lipinski definition) is 3. The molecule has 6 heteroatoms. The summed E-state index contributed by atoms with van der Waals surface area (Å²) in [5.41, 5.74) is -0.325. The second-order valence-corrected chi connectivity index (χ2v) is 7.41. The van der Waals surface area contributed by atoms with Crippen molar-refractivity contribution in [2.24, 2.45) is 5.92 Å². The van der Waals surface area contributed by atoms with Crippen molar-refractivity contribution >= 4 is 10.2 Å². The Bertz CT molecular complexity index is 350. The molecule has 0 aromatic heterocycles. The zero-order valence-electron chi connectivity index (χ0n) is 12.0. The van der Waals surface area contributed by atoms with Crippen molar-refractivity contribution in [3.8, 4) is 0 Å². The molecule has 1 aliphatic rings. The third kappa shape index (κ3) is 4.84. The highest BCUT2D eigenvalue weighted by atomic mass is 32.2. The van der Waals surface area contributed by atoms with Crippen LogP contribution in [0.15, 0.2) is 0 Å². The monoisotopic (exact) mass is 277 g/mol. The predicted octanol–water partition coefficient (Wildman–Crippen LogP) is 0.941. The molecule has 18 heavy (non-hydrogen) atoms. The SMILES string of the molecule is CCNCCCN(C)S(=O)(=O)NC(C)(C)C1CC1. The minimum Gasteiger partial charge on any atom is -0.317 e. The maximum Gasteiger partial charge on any atom is 0.279 e. The van der Waals surface area contributed by atoms with E-state index in [-0.39, 0.29) is 5.54 Å². The number of nitrogens with zero attached hydrogens (tertiary/aromatic N) is 1. The van der Waals surface area contributed by atoms with Gasteiger partial charge in [0.1, 0.15) is 0 Å². The third-order valence-electron chi connectivity index (χ3n) is 3.48. The van der Waals surface area contributed by atoms with Crippen molar-refractivity contribution < 1.29 is 8.42 Å². The van der Waals surface area contributed by atoms with Crippen LogP contribution in [0.25, 0.3) is 0 Å². The first-order chi connectivity index (χ1) is 8.29. The Labute approximate surface area is 112 Å². The van der Waals surface area contributed by atoms with Crippen LogP contribution in [-0.4, -0.2) is 44.9 Å². The van der Waals surface area contributed by atoms with Crippen LogP contribution in [-0.2, 0) is 10.2 Å². The molecule has 0 saturated heterocycles. The van der Waals surface area contributed by atoms with Crippen LogP contribution in [0, 0.1) is 5.92 Å². The summed E-state index contributed by atoms with van der Waals surface area (Å²) < 4.78 is 28.5. The fraction of sp³-hybridized carbons (Fsp3) is 1.00. The zero-order valence-corrected chi connectivity index (χ0v) is 12.8. The van der Waals surface area contributed by atoms with Crippen molar-refractivity contribution in [1.82, 2.24) is 14.3 Å². The molecule has 0 heterocycles. The molecule has 0 aromatic carbocycles. The summed E-state index contributed by atoms with van der Waals surface area (Å²) >= 11 is 0. The van der Waals surface area contributed by atoms with Crippen LogP contribution in [0.3, 0.4) is 0 Å². The van der Waals surface area contributed by atoms with Gasteiger partial charge in [0.05, 0.1) is 0 Å². The Balaban J connectivity index is 2.41. The third-order valence-corrected chi connectivity index (χ3v) is 5.26. The maximum atomic E-state index is 12.1. The Kier molecular flexibility index (Phi) is 5.58. The van der Waals surface area contributed by atoms with Crippen molar-refractivity contribution in [3.05, 3.63) is 0 Å². The molecule has 0 aliphatic heterocycles. The maximum absolute atomic E-state index is 12.1. The first kappa shape index (κ1) is 15.9. The summed E-state index contributed by atoms with van der Waals surface area (Å²) in [4.78, 5) is 0. The Hall–Kier alpha value is -0.170. The second-order valence-electron chi connectivity index (χ2n) is 5.63. The average molecular weight is 277 g/mol. The van der Waals surface area contributed by atoms with E-state index in [4.69, 9.17) is 0 Å². The topological polar surface area (TPSA) is 61.4 Å². The van der Waals surface area contributed by atoms with Crippen molar-refractivity contribution in [2.75, 3.05) is 26.7 Å². The van der Waals surface area contributed by atoms with Crippen LogP contribution >= 0.6 is 0 Å². The van der Waals surface area contributed by atoms with E-state index in [1.54, 1.807) is 7.05 Å². The van der Waals surface area contributed by atoms with Crippen LogP contribution in [0.4, 0.5) is 0 Å². The first-order valence-corrected chi connectivity index (χ1v) is 8.19. The van der Waals surface area contributed by atoms with E-state index in [0.717, 1.165) is 32.4 Å². The number of hydrogen-bond donors (Lipinski definition) is 2. The summed E-state index contributed by atoms with van der Waals surface area (Å²) in [5, 5.41) is 3.19. The summed E-state index contributed by atoms with van der Waals surface area (Å²) in [6.07, 6.45) is 3.08. The van der Waals surface area contributed by atoms with Gasteiger partial charge in [0, 0.05) is 19.1 Å². The summed E-state index contributed by atoms with van der Waals surface area (Å²) in [6, 6.07) is 0. The van der Waals surface area contributed by atoms with E-state index < -0.39 is 10.2 Å². The van der Waals surface area contributed by atoms with E-state index in [1.807, 2.05) is 20.8 Å². The predicted molar refractivity (Wildman–Crippen MR) is 74.6 cm³/mol. The van der Waals surface area contributed by atoms with Gasteiger partial charge in [-0.3, -0.25) is 0 Å². The molecule has 2 N–H and O–H groups in total. The molecule has 0 bridgehead atoms. The smallest absolute Gasteiger partial charge is 0.279 e. The molecule has 0 radical (unpaired) electrons. The lowest BCUT2D eigenvalue weighted by atomic mass is 10.0. The molecule has 0 amide bonds. The Morgan fingerprint density at radius 3 is 2.44 bits per heavy atom. The average Bonchev–Trinajstić information content (AvgIpc) is 3.06. The number of rotatable bonds is 9. The zero-order chi connectivity index (χ0) is 13.8. The lowest BCUT2D eigenvalue weighted by Gasteiger charge is -2.29. The van der Waals surface area contributed by atoms with Crippen molar-refractivity contribution in [2.45, 2.75) is 45.6 Å². The largest absolute Gasteiger partial charge is 0.317 e. The van der Waals surface area contributed by atoms with E-state index in [2.05, 4.69) is 10.0 Å². The summed E-state index contributed by atoms with van der Waals surface area (Å²) in [5.74, 6) is 0.488. The molecule has 1 fully saturated rings. The molecule has 0 unspecified atom stereocenters. The van der Waals surface area contributed by atoms with Gasteiger partial charge < -0.3 is 5.32 Å². The Morgan fingerprint density at radius 2 is 1.94 bits per heavy atom. The molecule has 5 nitrogen and oxygen atoms in total. The van der Waals surface area contributed by atoms with Gasteiger partial charge in [-0.05, 0) is 52.1 Å². The van der Waals surface area contributed by atoms with Gasteiger partial charge in [-0.1, -0.05) is 6.92 Å². The minimum atomic E-state index is -3.35. The normalized spacial score (nSPS) is 17.4.